The number of piperidine rings is 2. The number of anilines is 1. The van der Waals surface area contributed by atoms with E-state index in [0.717, 1.165) is 76.2 Å². The van der Waals surface area contributed by atoms with Crippen LogP contribution in [0.5, 0.6) is 5.75 Å². The fourth-order valence-electron chi connectivity index (χ4n) is 9.10. The molecule has 3 heterocycles. The number of fused-ring (bicyclic) bond motifs is 2. The summed E-state index contributed by atoms with van der Waals surface area (Å²) < 4.78 is 47.3. The molecule has 2 unspecified atom stereocenters. The molecule has 3 fully saturated rings. The Morgan fingerprint density at radius 3 is 2.30 bits per heavy atom. The van der Waals surface area contributed by atoms with E-state index < -0.39 is 41.1 Å². The van der Waals surface area contributed by atoms with Crippen LogP contribution in [0.25, 0.3) is 0 Å². The Kier molecular flexibility index (Phi) is 11.7. The molecule has 1 spiro atoms. The van der Waals surface area contributed by atoms with Gasteiger partial charge in [-0.1, -0.05) is 29.8 Å². The topological polar surface area (TPSA) is 106 Å². The highest BCUT2D eigenvalue weighted by atomic mass is 35.5. The summed E-state index contributed by atoms with van der Waals surface area (Å²) >= 11 is 6.03. The molecule has 276 valence electrons. The number of carbonyl (C=O) groups excluding carboxylic acids is 1. The van der Waals surface area contributed by atoms with Crippen LogP contribution < -0.4 is 5.32 Å². The minimum Gasteiger partial charge on any atom is -0.506 e. The lowest BCUT2D eigenvalue weighted by atomic mass is 9.63. The number of para-hydroxylation sites is 1. The largest absolute Gasteiger partial charge is 0.506 e. The minimum atomic E-state index is -4.82. The van der Waals surface area contributed by atoms with Gasteiger partial charge in [0.05, 0.1) is 10.6 Å². The third-order valence-corrected chi connectivity index (χ3v) is 12.4. The monoisotopic (exact) mass is 721 g/mol. The van der Waals surface area contributed by atoms with Gasteiger partial charge < -0.3 is 30.3 Å². The van der Waals surface area contributed by atoms with E-state index >= 15 is 0 Å². The molecule has 0 bridgehead atoms. The predicted molar refractivity (Wildman–Crippen MR) is 186 cm³/mol. The number of halogens is 4. The summed E-state index contributed by atoms with van der Waals surface area (Å²) in [6.07, 6.45) is 0.775. The maximum Gasteiger partial charge on any atom is 0.420 e. The van der Waals surface area contributed by atoms with Crippen molar-refractivity contribution in [2.24, 2.45) is 17.8 Å². The number of aliphatic hydroxyl groups is 2. The van der Waals surface area contributed by atoms with Crippen molar-refractivity contribution in [2.75, 3.05) is 38.5 Å². The molecule has 2 aromatic carbocycles. The number of benzene rings is 2. The Balaban J connectivity index is 1.09. The molecule has 8 nitrogen and oxygen atoms in total. The van der Waals surface area contributed by atoms with E-state index in [1.807, 2.05) is 23.1 Å². The van der Waals surface area contributed by atoms with Crippen molar-refractivity contribution in [1.82, 2.24) is 9.80 Å². The molecule has 2 saturated heterocycles. The number of alkyl halides is 3. The van der Waals surface area contributed by atoms with E-state index in [4.69, 9.17) is 16.3 Å². The Bertz CT molecular complexity index is 1470. The first-order valence-corrected chi connectivity index (χ1v) is 18.6. The summed E-state index contributed by atoms with van der Waals surface area (Å²) in [4.78, 5) is 16.8. The van der Waals surface area contributed by atoms with Crippen LogP contribution in [0.3, 0.4) is 0 Å². The number of phenols is 1. The first-order valence-electron chi connectivity index (χ1n) is 18.2. The average Bonchev–Trinajstić information content (AvgIpc) is 3.09. The van der Waals surface area contributed by atoms with Gasteiger partial charge in [0.25, 0.3) is 0 Å². The molecule has 4 N–H and O–H groups in total. The van der Waals surface area contributed by atoms with Crippen molar-refractivity contribution in [3.05, 3.63) is 58.1 Å². The van der Waals surface area contributed by atoms with Crippen molar-refractivity contribution in [2.45, 2.75) is 107 Å². The van der Waals surface area contributed by atoms with Crippen LogP contribution in [0, 0.1) is 17.8 Å². The van der Waals surface area contributed by atoms with Gasteiger partial charge in [0.1, 0.15) is 18.1 Å². The maximum atomic E-state index is 13.7. The molecule has 4 aliphatic rings. The molecule has 3 atom stereocenters. The van der Waals surface area contributed by atoms with Gasteiger partial charge in [0.2, 0.25) is 5.91 Å². The van der Waals surface area contributed by atoms with E-state index in [0.29, 0.717) is 50.1 Å². The number of phenolic OH excluding ortho intramolecular Hbond substituents is 1. The highest BCUT2D eigenvalue weighted by molar-refractivity contribution is 6.32. The number of rotatable bonds is 10. The number of carbonyl (C=O) groups is 1. The van der Waals surface area contributed by atoms with Crippen molar-refractivity contribution >= 4 is 23.2 Å². The van der Waals surface area contributed by atoms with Crippen molar-refractivity contribution in [3.8, 4) is 5.75 Å². The molecular formula is C38H51ClF3N3O5. The number of hydrogen-bond donors (Lipinski definition) is 4. The van der Waals surface area contributed by atoms with Crippen molar-refractivity contribution < 1.29 is 38.0 Å². The zero-order valence-corrected chi connectivity index (χ0v) is 29.6. The minimum absolute atomic E-state index is 0.0406. The van der Waals surface area contributed by atoms with Crippen LogP contribution >= 0.6 is 11.6 Å². The molecule has 1 amide bonds. The fraction of sp³-hybridized carbons (Fsp3) is 0.658. The number of likely N-dealkylation sites (tertiary alicyclic amines) is 2. The standard InChI is InChI=1S/C38H51ClF3N3O5/c1-44-16-10-26(11-17-44)27-12-18-45(19-13-27)36(49)32(22-25-20-29(38(40,41)42)35(48)30(39)21-25)50-34(47)7-6-24-8-14-37(15-9-24)23-33(46)43-31-5-3-2-4-28(31)37/h2-5,20-21,24,26-27,32,34,36,47-49H,6-19,22-23H2,1H3,(H,43,46)/t24?,32-,34?,36?,37?/m1/s1. The number of nitrogens with one attached hydrogen (secondary N) is 1. The van der Waals surface area contributed by atoms with Gasteiger partial charge in [-0.2, -0.15) is 13.2 Å². The number of aliphatic hydroxyl groups excluding tert-OH is 2. The first-order chi connectivity index (χ1) is 23.8. The van der Waals surface area contributed by atoms with Gasteiger partial charge in [-0.25, -0.2) is 0 Å². The molecule has 3 aliphatic heterocycles. The van der Waals surface area contributed by atoms with Crippen LogP contribution in [0.1, 0.15) is 87.3 Å². The third kappa shape index (κ3) is 8.61. The second kappa shape index (κ2) is 15.7. The van der Waals surface area contributed by atoms with E-state index in [1.165, 1.54) is 11.6 Å². The van der Waals surface area contributed by atoms with Crippen molar-refractivity contribution in [1.29, 1.82) is 0 Å². The third-order valence-electron chi connectivity index (χ3n) is 12.1. The first kappa shape index (κ1) is 37.4. The van der Waals surface area contributed by atoms with Gasteiger partial charge in [-0.15, -0.1) is 0 Å². The van der Waals surface area contributed by atoms with E-state index in [9.17, 15) is 33.3 Å². The van der Waals surface area contributed by atoms with Gasteiger partial charge in [-0.3, -0.25) is 9.69 Å². The lowest BCUT2D eigenvalue weighted by Gasteiger charge is -2.44. The number of amides is 1. The molecule has 1 aliphatic carbocycles. The normalized spacial score (nSPS) is 26.4. The molecule has 12 heteroatoms. The van der Waals surface area contributed by atoms with Gasteiger partial charge in [-0.05, 0) is 131 Å². The maximum absolute atomic E-state index is 13.7. The quantitative estimate of drug-likeness (QED) is 0.197. The average molecular weight is 722 g/mol. The summed E-state index contributed by atoms with van der Waals surface area (Å²) in [5.74, 6) is 0.540. The van der Waals surface area contributed by atoms with Gasteiger partial charge >= 0.3 is 6.18 Å². The highest BCUT2D eigenvalue weighted by Gasteiger charge is 2.43. The van der Waals surface area contributed by atoms with E-state index in [2.05, 4.69) is 23.3 Å². The molecule has 6 rings (SSSR count). The SMILES string of the molecule is CN1CCC(C2CCN(C(O)[C@@H](Cc3cc(Cl)c(O)c(C(F)(F)F)c3)OC(O)CCC3CCC4(CC3)CC(=O)Nc3ccccc34)CC2)CC1. The molecule has 2 aromatic rings. The smallest absolute Gasteiger partial charge is 0.420 e. The summed E-state index contributed by atoms with van der Waals surface area (Å²) in [7, 11) is 2.14. The lowest BCUT2D eigenvalue weighted by molar-refractivity contribution is -0.198. The molecular weight excluding hydrogens is 671 g/mol. The Morgan fingerprint density at radius 2 is 1.64 bits per heavy atom. The van der Waals surface area contributed by atoms with Crippen LogP contribution in [0.2, 0.25) is 5.02 Å². The van der Waals surface area contributed by atoms with Crippen LogP contribution in [0.15, 0.2) is 36.4 Å². The van der Waals surface area contributed by atoms with Crippen LogP contribution in [0.4, 0.5) is 18.9 Å². The Labute approximate surface area is 297 Å². The zero-order valence-electron chi connectivity index (χ0n) is 28.8. The summed E-state index contributed by atoms with van der Waals surface area (Å²) in [5.41, 5.74) is 0.796. The van der Waals surface area contributed by atoms with Gasteiger partial charge in [0.15, 0.2) is 6.29 Å². The Morgan fingerprint density at radius 1 is 1.00 bits per heavy atom. The van der Waals surface area contributed by atoms with Crippen LogP contribution in [-0.2, 0) is 27.5 Å². The van der Waals surface area contributed by atoms with Crippen LogP contribution in [-0.4, -0.2) is 82.9 Å². The zero-order chi connectivity index (χ0) is 35.6. The van der Waals surface area contributed by atoms with E-state index in [-0.39, 0.29) is 23.3 Å². The summed E-state index contributed by atoms with van der Waals surface area (Å²) in [6.45, 7) is 3.43. The van der Waals surface area contributed by atoms with Gasteiger partial charge in [0, 0.05) is 37.0 Å². The molecule has 0 radical (unpaired) electrons. The molecule has 1 saturated carbocycles. The number of hydrogen-bond acceptors (Lipinski definition) is 7. The summed E-state index contributed by atoms with van der Waals surface area (Å²) in [6, 6.07) is 10.1. The summed E-state index contributed by atoms with van der Waals surface area (Å²) in [5, 5.41) is 35.4. The fourth-order valence-corrected chi connectivity index (χ4v) is 9.34. The number of aromatic hydroxyl groups is 1. The Hall–Kier alpha value is -2.41. The van der Waals surface area contributed by atoms with E-state index in [1.54, 1.807) is 0 Å². The number of ether oxygens (including phenoxy) is 1. The highest BCUT2D eigenvalue weighted by Crippen LogP contribution is 2.49. The molecule has 0 aromatic heterocycles. The number of nitrogens with zero attached hydrogens (tertiary/aromatic N) is 2. The molecule has 50 heavy (non-hydrogen) atoms. The second-order valence-electron chi connectivity index (χ2n) is 15.3. The lowest BCUT2D eigenvalue weighted by Crippen LogP contribution is -2.51. The second-order valence-corrected chi connectivity index (χ2v) is 15.7. The predicted octanol–water partition coefficient (Wildman–Crippen LogP) is 6.93. The van der Waals surface area contributed by atoms with Crippen molar-refractivity contribution in [3.63, 3.8) is 0 Å².